The Kier molecular flexibility index (Phi) is 21.7. The predicted molar refractivity (Wildman–Crippen MR) is 239 cm³/mol. The standard InChI is InChI=1S/C28H43F3NO.C24BF20/c29-28(30,31)23-17-13-11-9-7-5-3-1-2-4-6-8-10-12-14-18-25-33-32-24-19-21-26-20-15-16-22-27(26)32;26-5-1(6(27)14(35)21(42)13(5)34)25(2-7(28)15(36)22(43)16(37)8(2)29,3-9(30)17(38)23(44)18(39)10(3)31)4-11(32)19(40)24(45)20(41)12(4)33/h15-16,19-22,24H,1-14,17-18,23,25H2;/q+1;-1. The van der Waals surface area contributed by atoms with Gasteiger partial charge in [-0.2, -0.15) is 13.2 Å². The van der Waals surface area contributed by atoms with Gasteiger partial charge in [-0.05, 0) is 31.4 Å². The van der Waals surface area contributed by atoms with E-state index in [1.165, 1.54) is 76.0 Å². The summed E-state index contributed by atoms with van der Waals surface area (Å²) in [5.41, 5.74) is -13.2. The summed E-state index contributed by atoms with van der Waals surface area (Å²) in [6, 6.07) is 12.4. The van der Waals surface area contributed by atoms with Crippen LogP contribution in [0.4, 0.5) is 101 Å². The van der Waals surface area contributed by atoms with E-state index in [0.29, 0.717) is 6.42 Å². The Morgan fingerprint density at radius 3 is 0.846 bits per heavy atom. The van der Waals surface area contributed by atoms with E-state index < -0.39 is 157 Å². The minimum atomic E-state index is -7.22. The van der Waals surface area contributed by atoms with Gasteiger partial charge in [0.25, 0.3) is 5.52 Å². The van der Waals surface area contributed by atoms with Crippen molar-refractivity contribution < 1.29 is 111 Å². The van der Waals surface area contributed by atoms with Crippen LogP contribution in [-0.2, 0) is 0 Å². The van der Waals surface area contributed by atoms with E-state index in [1.54, 1.807) is 0 Å². The van der Waals surface area contributed by atoms with Crippen LogP contribution >= 0.6 is 0 Å². The first-order valence-corrected chi connectivity index (χ1v) is 24.1. The van der Waals surface area contributed by atoms with Gasteiger partial charge < -0.3 is 0 Å². The number of rotatable bonds is 23. The zero-order valence-corrected chi connectivity index (χ0v) is 40.4. The summed E-state index contributed by atoms with van der Waals surface area (Å²) >= 11 is 0. The van der Waals surface area contributed by atoms with E-state index in [1.807, 2.05) is 29.1 Å². The number of pyridine rings is 1. The molecule has 0 saturated carbocycles. The zero-order chi connectivity index (χ0) is 58.0. The maximum atomic E-state index is 15.4. The van der Waals surface area contributed by atoms with Gasteiger partial charge in [0.15, 0.2) is 76.4 Å². The molecule has 0 aliphatic rings. The summed E-state index contributed by atoms with van der Waals surface area (Å²) in [5, 5.41) is 1.19. The van der Waals surface area contributed by atoms with Gasteiger partial charge in [0.05, 0.1) is 5.39 Å². The van der Waals surface area contributed by atoms with E-state index in [2.05, 4.69) is 18.2 Å². The van der Waals surface area contributed by atoms with Crippen molar-refractivity contribution in [2.75, 3.05) is 6.61 Å². The number of nitrogens with zero attached hydrogens (tertiary/aromatic N) is 1. The summed E-state index contributed by atoms with van der Waals surface area (Å²) < 4.78 is 332. The Bertz CT molecular complexity index is 2690. The van der Waals surface area contributed by atoms with Crippen LogP contribution in [0.1, 0.15) is 109 Å². The molecular weight excluding hydrogens is 1100 g/mol. The lowest BCUT2D eigenvalue weighted by molar-refractivity contribution is -0.871. The first kappa shape index (κ1) is 62.6. The monoisotopic (exact) mass is 1150 g/mol. The summed E-state index contributed by atoms with van der Waals surface area (Å²) in [5.74, 6) is -71.4. The van der Waals surface area contributed by atoms with Gasteiger partial charge in [0, 0.05) is 23.3 Å². The highest BCUT2D eigenvalue weighted by molar-refractivity contribution is 7.20. The van der Waals surface area contributed by atoms with Gasteiger partial charge >= 0.3 is 6.18 Å². The first-order valence-electron chi connectivity index (χ1n) is 24.1. The molecule has 5 aromatic carbocycles. The highest BCUT2D eigenvalue weighted by Crippen LogP contribution is 2.31. The molecule has 0 radical (unpaired) electrons. The van der Waals surface area contributed by atoms with Crippen molar-refractivity contribution in [3.8, 4) is 0 Å². The molecule has 0 bridgehead atoms. The lowest BCUT2D eigenvalue weighted by Crippen LogP contribution is -2.81. The van der Waals surface area contributed by atoms with E-state index in [9.17, 15) is 65.9 Å². The van der Waals surface area contributed by atoms with E-state index in [0.717, 1.165) is 37.8 Å². The van der Waals surface area contributed by atoms with E-state index >= 15 is 35.1 Å². The lowest BCUT2D eigenvalue weighted by Gasteiger charge is -2.44. The second-order valence-corrected chi connectivity index (χ2v) is 18.0. The Labute approximate surface area is 429 Å². The molecule has 1 aromatic heterocycles. The molecule has 2 nitrogen and oxygen atoms in total. The Morgan fingerprint density at radius 2 is 0.551 bits per heavy atom. The minimum Gasteiger partial charge on any atom is -0.271 e. The summed E-state index contributed by atoms with van der Waals surface area (Å²) in [4.78, 5) is 5.93. The van der Waals surface area contributed by atoms with Crippen molar-refractivity contribution in [1.29, 1.82) is 0 Å². The largest absolute Gasteiger partial charge is 0.389 e. The molecule has 6 aromatic rings. The van der Waals surface area contributed by atoms with Crippen molar-refractivity contribution in [1.82, 2.24) is 0 Å². The van der Waals surface area contributed by atoms with Crippen molar-refractivity contribution in [3.05, 3.63) is 159 Å². The number of fused-ring (bicyclic) bond motifs is 1. The molecule has 6 rings (SSSR count). The molecule has 0 unspecified atom stereocenters. The predicted octanol–water partition coefficient (Wildman–Crippen LogP) is 14.6. The molecule has 0 amide bonds. The zero-order valence-electron chi connectivity index (χ0n) is 40.4. The quantitative estimate of drug-likeness (QED) is 0.0156. The Balaban J connectivity index is 0.000000302. The molecule has 1 heterocycles. The lowest BCUT2D eigenvalue weighted by atomic mass is 9.12. The SMILES string of the molecule is FC(F)(F)CCCCCCCCCCCCCCCCCCO[n+]1cccc2ccccc21.Fc1c(F)c(F)c([B-](c2c(F)c(F)c(F)c(F)c2F)(c2c(F)c(F)c(F)c(F)c2F)c2c(F)c(F)c(F)c(F)c2F)c(F)c1F. The second kappa shape index (κ2) is 27.1. The van der Waals surface area contributed by atoms with Crippen LogP contribution in [-0.4, -0.2) is 18.9 Å². The van der Waals surface area contributed by atoms with Crippen LogP contribution in [0.25, 0.3) is 10.9 Å². The number of halogens is 23. The molecule has 26 heteroatoms. The van der Waals surface area contributed by atoms with Crippen LogP contribution in [0.5, 0.6) is 0 Å². The van der Waals surface area contributed by atoms with Gasteiger partial charge in [-0.1, -0.05) is 95.6 Å². The van der Waals surface area contributed by atoms with Crippen molar-refractivity contribution in [2.45, 2.75) is 115 Å². The molecule has 0 aliphatic carbocycles. The fourth-order valence-electron chi connectivity index (χ4n) is 9.19. The number of unbranched alkanes of at least 4 members (excludes halogenated alkanes) is 15. The van der Waals surface area contributed by atoms with E-state index in [-0.39, 0.29) is 0 Å². The Hall–Kier alpha value is -6.24. The number of hydrogen-bond donors (Lipinski definition) is 0. The highest BCUT2D eigenvalue weighted by Gasteiger charge is 2.52. The highest BCUT2D eigenvalue weighted by atomic mass is 19.4. The third kappa shape index (κ3) is 13.3. The first-order chi connectivity index (χ1) is 36.8. The normalized spacial score (nSPS) is 11.9. The minimum absolute atomic E-state index is 0.293. The molecule has 0 saturated heterocycles. The van der Waals surface area contributed by atoms with Crippen LogP contribution < -0.4 is 31.4 Å². The smallest absolute Gasteiger partial charge is 0.271 e. The number of hydrogen-bond acceptors (Lipinski definition) is 1. The maximum Gasteiger partial charge on any atom is 0.389 e. The number of para-hydroxylation sites is 1. The molecule has 78 heavy (non-hydrogen) atoms. The molecule has 0 aliphatic heterocycles. The van der Waals surface area contributed by atoms with Gasteiger partial charge in [0.1, 0.15) is 52.7 Å². The summed E-state index contributed by atoms with van der Waals surface area (Å²) in [6.45, 7) is 0.756. The van der Waals surface area contributed by atoms with Crippen LogP contribution in [0.3, 0.4) is 0 Å². The fourth-order valence-corrected chi connectivity index (χ4v) is 9.19. The van der Waals surface area contributed by atoms with Crippen LogP contribution in [0, 0.1) is 116 Å². The third-order valence-electron chi connectivity index (χ3n) is 13.0. The van der Waals surface area contributed by atoms with Crippen molar-refractivity contribution in [3.63, 3.8) is 0 Å². The molecule has 0 fully saturated rings. The Morgan fingerprint density at radius 1 is 0.308 bits per heavy atom. The van der Waals surface area contributed by atoms with Crippen molar-refractivity contribution in [2.24, 2.45) is 0 Å². The molecule has 0 atom stereocenters. The van der Waals surface area contributed by atoms with Crippen LogP contribution in [0.2, 0.25) is 0 Å². The molecule has 0 spiro atoms. The van der Waals surface area contributed by atoms with Gasteiger partial charge in [0.2, 0.25) is 6.20 Å². The number of alkyl halides is 3. The molecular formula is C52H43BF23NO. The third-order valence-corrected chi connectivity index (χ3v) is 13.0. The molecule has 426 valence electrons. The fraction of sp³-hybridized carbons (Fsp3) is 0.365. The van der Waals surface area contributed by atoms with E-state index in [4.69, 9.17) is 4.84 Å². The summed E-state index contributed by atoms with van der Waals surface area (Å²) in [7, 11) is 0. The molecule has 0 N–H and O–H groups in total. The van der Waals surface area contributed by atoms with Crippen LogP contribution in [0.15, 0.2) is 42.6 Å². The number of aromatic nitrogens is 1. The van der Waals surface area contributed by atoms with Crippen molar-refractivity contribution >= 4 is 38.9 Å². The average Bonchev–Trinajstić information content (AvgIpc) is 3.61. The summed E-state index contributed by atoms with van der Waals surface area (Å²) in [6.07, 6.45) is 8.43. The van der Waals surface area contributed by atoms with Gasteiger partial charge in [-0.3, -0.25) is 4.84 Å². The average molecular weight is 1150 g/mol. The van der Waals surface area contributed by atoms with Gasteiger partial charge in [-0.15, -0.1) is 21.9 Å². The number of benzene rings is 5. The topological polar surface area (TPSA) is 13.1 Å². The second-order valence-electron chi connectivity index (χ2n) is 18.0. The van der Waals surface area contributed by atoms with Gasteiger partial charge in [-0.25, -0.2) is 87.8 Å². The maximum absolute atomic E-state index is 15.4.